The van der Waals surface area contributed by atoms with Crippen molar-refractivity contribution in [2.75, 3.05) is 5.75 Å². The Morgan fingerprint density at radius 3 is 2.48 bits per heavy atom. The molecule has 0 aliphatic carbocycles. The summed E-state index contributed by atoms with van der Waals surface area (Å²) >= 11 is 0. The monoisotopic (exact) mass is 301 g/mol. The van der Waals surface area contributed by atoms with Crippen molar-refractivity contribution in [3.05, 3.63) is 70.3 Å². The van der Waals surface area contributed by atoms with Gasteiger partial charge in [-0.1, -0.05) is 53.6 Å². The van der Waals surface area contributed by atoms with E-state index in [4.69, 9.17) is 5.73 Å². The lowest BCUT2D eigenvalue weighted by atomic mass is 10.0. The summed E-state index contributed by atoms with van der Waals surface area (Å²) < 4.78 is 12.3. The van der Waals surface area contributed by atoms with Crippen LogP contribution in [-0.2, 0) is 16.6 Å². The molecule has 0 amide bonds. The van der Waals surface area contributed by atoms with Gasteiger partial charge in [-0.3, -0.25) is 4.21 Å². The molecule has 3 heteroatoms. The van der Waals surface area contributed by atoms with E-state index in [0.29, 0.717) is 11.5 Å². The predicted octanol–water partition coefficient (Wildman–Crippen LogP) is 3.56. The first-order valence-electron chi connectivity index (χ1n) is 7.19. The van der Waals surface area contributed by atoms with Crippen molar-refractivity contribution in [3.8, 4) is 0 Å². The van der Waals surface area contributed by atoms with E-state index in [1.54, 1.807) is 0 Å². The first-order valence-corrected chi connectivity index (χ1v) is 8.68. The van der Waals surface area contributed by atoms with Gasteiger partial charge in [-0.15, -0.1) is 0 Å². The fourth-order valence-electron chi connectivity index (χ4n) is 2.50. The van der Waals surface area contributed by atoms with E-state index in [1.165, 1.54) is 16.7 Å². The lowest BCUT2D eigenvalue weighted by Crippen LogP contribution is -2.20. The number of benzene rings is 2. The zero-order valence-corrected chi connectivity index (χ0v) is 13.7. The second-order valence-corrected chi connectivity index (χ2v) is 7.21. The smallest absolute Gasteiger partial charge is 0.0486 e. The summed E-state index contributed by atoms with van der Waals surface area (Å²) in [7, 11) is -0.950. The third kappa shape index (κ3) is 4.51. The Kier molecular flexibility index (Phi) is 5.32. The molecule has 21 heavy (non-hydrogen) atoms. The van der Waals surface area contributed by atoms with E-state index < -0.39 is 10.8 Å². The Hall–Kier alpha value is -1.45. The highest BCUT2D eigenvalue weighted by atomic mass is 32.2. The lowest BCUT2D eigenvalue weighted by Gasteiger charge is -2.15. The normalized spacial score (nSPS) is 13.9. The van der Waals surface area contributed by atoms with Gasteiger partial charge in [0.25, 0.3) is 0 Å². The molecule has 0 radical (unpaired) electrons. The summed E-state index contributed by atoms with van der Waals surface area (Å²) in [5.41, 5.74) is 12.0. The average molecular weight is 301 g/mol. The van der Waals surface area contributed by atoms with Crippen molar-refractivity contribution < 1.29 is 4.21 Å². The van der Waals surface area contributed by atoms with Crippen LogP contribution in [-0.4, -0.2) is 9.96 Å². The quantitative estimate of drug-likeness (QED) is 0.917. The predicted molar refractivity (Wildman–Crippen MR) is 90.7 cm³/mol. The van der Waals surface area contributed by atoms with Crippen molar-refractivity contribution in [2.45, 2.75) is 32.6 Å². The van der Waals surface area contributed by atoms with Gasteiger partial charge in [-0.25, -0.2) is 0 Å². The van der Waals surface area contributed by atoms with E-state index >= 15 is 0 Å². The molecule has 2 aromatic rings. The molecule has 2 atom stereocenters. The van der Waals surface area contributed by atoms with Crippen LogP contribution >= 0.6 is 0 Å². The average Bonchev–Trinajstić information content (AvgIpc) is 2.41. The van der Waals surface area contributed by atoms with Crippen molar-refractivity contribution >= 4 is 10.8 Å². The van der Waals surface area contributed by atoms with Gasteiger partial charge < -0.3 is 5.73 Å². The van der Waals surface area contributed by atoms with Gasteiger partial charge in [0.15, 0.2) is 0 Å². The molecule has 0 saturated heterocycles. The molecule has 0 aromatic heterocycles. The first-order chi connectivity index (χ1) is 9.95. The fraction of sp³-hybridized carbons (Fsp3) is 0.333. The zero-order valence-electron chi connectivity index (χ0n) is 12.9. The third-order valence-electron chi connectivity index (χ3n) is 3.61. The molecule has 0 bridgehead atoms. The van der Waals surface area contributed by atoms with Crippen LogP contribution in [0.1, 0.15) is 33.9 Å². The summed E-state index contributed by atoms with van der Waals surface area (Å²) in [6.45, 7) is 6.16. The molecule has 0 aliphatic rings. The minimum absolute atomic E-state index is 0.171. The Balaban J connectivity index is 2.03. The number of hydrogen-bond donors (Lipinski definition) is 1. The molecule has 0 fully saturated rings. The van der Waals surface area contributed by atoms with Crippen molar-refractivity contribution in [1.29, 1.82) is 0 Å². The molecule has 0 heterocycles. The van der Waals surface area contributed by atoms with E-state index in [1.807, 2.05) is 25.1 Å². The Morgan fingerprint density at radius 1 is 1.05 bits per heavy atom. The maximum absolute atomic E-state index is 12.3. The molecule has 2 nitrogen and oxygen atoms in total. The van der Waals surface area contributed by atoms with Crippen LogP contribution in [0.4, 0.5) is 0 Å². The molecular formula is C18H23NOS. The van der Waals surface area contributed by atoms with E-state index in [-0.39, 0.29) is 6.04 Å². The van der Waals surface area contributed by atoms with Crippen LogP contribution in [0.15, 0.2) is 42.5 Å². The SMILES string of the molecule is Cc1cccc(CS(=O)CC(N)c2cc(C)ccc2C)c1. The maximum atomic E-state index is 12.3. The number of hydrogen-bond acceptors (Lipinski definition) is 2. The van der Waals surface area contributed by atoms with Gasteiger partial charge in [0.05, 0.1) is 0 Å². The van der Waals surface area contributed by atoms with Crippen molar-refractivity contribution in [3.63, 3.8) is 0 Å². The summed E-state index contributed by atoms with van der Waals surface area (Å²) in [5.74, 6) is 1.07. The van der Waals surface area contributed by atoms with Gasteiger partial charge in [0.2, 0.25) is 0 Å². The molecule has 2 N–H and O–H groups in total. The van der Waals surface area contributed by atoms with E-state index in [0.717, 1.165) is 11.1 Å². The van der Waals surface area contributed by atoms with Crippen LogP contribution < -0.4 is 5.73 Å². The summed E-state index contributed by atoms with van der Waals surface area (Å²) in [5, 5.41) is 0. The second-order valence-electron chi connectivity index (χ2n) is 5.71. The number of aryl methyl sites for hydroxylation is 3. The molecule has 0 aliphatic heterocycles. The van der Waals surface area contributed by atoms with Gasteiger partial charge in [-0.05, 0) is 37.5 Å². The summed E-state index contributed by atoms with van der Waals surface area (Å²) in [4.78, 5) is 0. The highest BCUT2D eigenvalue weighted by Crippen LogP contribution is 2.19. The van der Waals surface area contributed by atoms with Crippen LogP contribution in [0.2, 0.25) is 0 Å². The van der Waals surface area contributed by atoms with Crippen molar-refractivity contribution in [2.24, 2.45) is 5.73 Å². The molecule has 2 unspecified atom stereocenters. The molecule has 2 aromatic carbocycles. The zero-order chi connectivity index (χ0) is 15.4. The van der Waals surface area contributed by atoms with E-state index in [2.05, 4.69) is 38.1 Å². The van der Waals surface area contributed by atoms with Gasteiger partial charge >= 0.3 is 0 Å². The fourth-order valence-corrected chi connectivity index (χ4v) is 3.75. The highest BCUT2D eigenvalue weighted by Gasteiger charge is 2.13. The molecule has 0 saturated carbocycles. The van der Waals surface area contributed by atoms with Crippen LogP contribution in [0, 0.1) is 20.8 Å². The van der Waals surface area contributed by atoms with Gasteiger partial charge in [0.1, 0.15) is 0 Å². The van der Waals surface area contributed by atoms with E-state index in [9.17, 15) is 4.21 Å². The number of rotatable bonds is 5. The number of nitrogens with two attached hydrogens (primary N) is 1. The third-order valence-corrected chi connectivity index (χ3v) is 5.00. The largest absolute Gasteiger partial charge is 0.323 e. The van der Waals surface area contributed by atoms with Crippen LogP contribution in [0.3, 0.4) is 0 Å². The summed E-state index contributed by atoms with van der Waals surface area (Å²) in [6.07, 6.45) is 0. The Bertz CT molecular complexity index is 651. The molecule has 0 spiro atoms. The van der Waals surface area contributed by atoms with Gasteiger partial charge in [0, 0.05) is 28.3 Å². The topological polar surface area (TPSA) is 43.1 Å². The van der Waals surface area contributed by atoms with Gasteiger partial charge in [-0.2, -0.15) is 0 Å². The first kappa shape index (κ1) is 15.9. The maximum Gasteiger partial charge on any atom is 0.0486 e. The summed E-state index contributed by atoms with van der Waals surface area (Å²) in [6, 6.07) is 14.2. The molecule has 112 valence electrons. The lowest BCUT2D eigenvalue weighted by molar-refractivity contribution is 0.674. The van der Waals surface area contributed by atoms with Crippen LogP contribution in [0.5, 0.6) is 0 Å². The minimum atomic E-state index is -0.950. The molecule has 2 rings (SSSR count). The highest BCUT2D eigenvalue weighted by molar-refractivity contribution is 7.84. The Morgan fingerprint density at radius 2 is 1.76 bits per heavy atom. The minimum Gasteiger partial charge on any atom is -0.323 e. The van der Waals surface area contributed by atoms with Crippen molar-refractivity contribution in [1.82, 2.24) is 0 Å². The second kappa shape index (κ2) is 7.01. The Labute approximate surface area is 129 Å². The standard InChI is InChI=1S/C18H23NOS/c1-13-5-4-6-16(9-13)11-21(20)12-18(19)17-10-14(2)7-8-15(17)3/h4-10,18H,11-12,19H2,1-3H3. The van der Waals surface area contributed by atoms with Crippen LogP contribution in [0.25, 0.3) is 0 Å². The molecular weight excluding hydrogens is 278 g/mol.